The van der Waals surface area contributed by atoms with Crippen molar-refractivity contribution in [2.75, 3.05) is 11.9 Å². The van der Waals surface area contributed by atoms with Crippen LogP contribution in [-0.4, -0.2) is 40.9 Å². The Morgan fingerprint density at radius 3 is 2.34 bits per heavy atom. The number of benzene rings is 2. The van der Waals surface area contributed by atoms with Crippen molar-refractivity contribution in [1.29, 1.82) is 0 Å². The van der Waals surface area contributed by atoms with Gasteiger partial charge in [-0.25, -0.2) is 4.79 Å². The van der Waals surface area contributed by atoms with Crippen LogP contribution >= 0.6 is 0 Å². The third kappa shape index (κ3) is 4.46. The molecule has 0 saturated carbocycles. The molecule has 0 fully saturated rings. The molecule has 2 aromatic carbocycles. The maximum absolute atomic E-state index is 12.3. The van der Waals surface area contributed by atoms with E-state index in [1.165, 1.54) is 6.07 Å². The van der Waals surface area contributed by atoms with Crippen LogP contribution in [0.4, 0.5) is 10.7 Å². The van der Waals surface area contributed by atoms with Gasteiger partial charge in [0.1, 0.15) is 6.61 Å². The number of nitrogens with zero attached hydrogens (tertiary/aromatic N) is 1. The van der Waals surface area contributed by atoms with E-state index in [2.05, 4.69) is 15.8 Å². The predicted octanol–water partition coefficient (Wildman–Crippen LogP) is 3.63. The number of rotatable bonds is 7. The molecule has 32 heavy (non-hydrogen) atoms. The molecule has 9 heteroatoms. The van der Waals surface area contributed by atoms with Crippen LogP contribution in [0.2, 0.25) is 0 Å². The van der Waals surface area contributed by atoms with Crippen LogP contribution < -0.4 is 10.6 Å². The van der Waals surface area contributed by atoms with Crippen molar-refractivity contribution >= 4 is 23.9 Å². The highest BCUT2D eigenvalue weighted by Crippen LogP contribution is 2.44. The number of hydrogen-bond acceptors (Lipinski definition) is 6. The summed E-state index contributed by atoms with van der Waals surface area (Å²) < 4.78 is 10.4. The van der Waals surface area contributed by atoms with Crippen LogP contribution in [0, 0.1) is 0 Å². The second-order valence-corrected chi connectivity index (χ2v) is 7.50. The summed E-state index contributed by atoms with van der Waals surface area (Å²) in [5, 5.41) is 17.3. The van der Waals surface area contributed by atoms with Gasteiger partial charge in [0, 0.05) is 18.0 Å². The van der Waals surface area contributed by atoms with E-state index in [0.717, 1.165) is 22.3 Å². The Labute approximate surface area is 183 Å². The number of carbonyl (C=O) groups is 3. The standard InChI is InChI=1S/C23H21N3O6/c1-13(10-21(27)28)24-22(29)19-11-20(32-26-19)25-23(30)31-12-18-16-8-4-2-6-14(16)15-7-3-5-9-17(15)18/h2-9,11,13,18H,10,12H2,1H3,(H,24,29)(H,25,30)(H,27,28)/t13-/m0/s1. The molecule has 1 heterocycles. The minimum absolute atomic E-state index is 0.0572. The largest absolute Gasteiger partial charge is 0.481 e. The van der Waals surface area contributed by atoms with Gasteiger partial charge in [-0.3, -0.25) is 14.9 Å². The number of hydrogen-bond donors (Lipinski definition) is 3. The number of aliphatic carboxylic acids is 1. The Kier molecular flexibility index (Phi) is 5.89. The zero-order chi connectivity index (χ0) is 22.7. The number of carbonyl (C=O) groups excluding carboxylic acids is 2. The Hall–Kier alpha value is -4.14. The molecule has 9 nitrogen and oxygen atoms in total. The molecular formula is C23H21N3O6. The maximum atomic E-state index is 12.3. The molecular weight excluding hydrogens is 414 g/mol. The number of carboxylic acid groups (broad SMARTS) is 1. The SMILES string of the molecule is C[C@@H](CC(=O)O)NC(=O)c1cc(NC(=O)OCC2c3ccccc3-c3ccccc32)on1. The lowest BCUT2D eigenvalue weighted by Crippen LogP contribution is -2.34. The summed E-state index contributed by atoms with van der Waals surface area (Å²) in [6, 6.07) is 16.7. The highest BCUT2D eigenvalue weighted by molar-refractivity contribution is 5.94. The Bertz CT molecular complexity index is 1130. The Balaban J connectivity index is 1.35. The van der Waals surface area contributed by atoms with E-state index in [1.54, 1.807) is 6.92 Å². The van der Waals surface area contributed by atoms with Gasteiger partial charge >= 0.3 is 12.1 Å². The number of fused-ring (bicyclic) bond motifs is 3. The van der Waals surface area contributed by atoms with Crippen molar-refractivity contribution < 1.29 is 28.8 Å². The van der Waals surface area contributed by atoms with Gasteiger partial charge in [0.05, 0.1) is 6.42 Å². The average molecular weight is 435 g/mol. The van der Waals surface area contributed by atoms with Crippen molar-refractivity contribution in [1.82, 2.24) is 10.5 Å². The van der Waals surface area contributed by atoms with Gasteiger partial charge in [-0.05, 0) is 29.2 Å². The molecule has 1 aliphatic rings. The molecule has 0 unspecified atom stereocenters. The number of carboxylic acids is 1. The fraction of sp³-hybridized carbons (Fsp3) is 0.217. The number of anilines is 1. The molecule has 1 aliphatic carbocycles. The lowest BCUT2D eigenvalue weighted by molar-refractivity contribution is -0.137. The average Bonchev–Trinajstić information content (AvgIpc) is 3.34. The zero-order valence-electron chi connectivity index (χ0n) is 17.2. The molecule has 3 aromatic rings. The van der Waals surface area contributed by atoms with Gasteiger partial charge < -0.3 is 19.7 Å². The summed E-state index contributed by atoms with van der Waals surface area (Å²) in [5.74, 6) is -1.78. The van der Waals surface area contributed by atoms with Gasteiger partial charge in [0.15, 0.2) is 5.69 Å². The lowest BCUT2D eigenvalue weighted by Gasteiger charge is -2.13. The predicted molar refractivity (Wildman–Crippen MR) is 114 cm³/mol. The summed E-state index contributed by atoms with van der Waals surface area (Å²) in [4.78, 5) is 35.1. The fourth-order valence-electron chi connectivity index (χ4n) is 3.79. The Morgan fingerprint density at radius 2 is 1.72 bits per heavy atom. The van der Waals surface area contributed by atoms with Crippen LogP contribution in [0.25, 0.3) is 11.1 Å². The fourth-order valence-corrected chi connectivity index (χ4v) is 3.79. The van der Waals surface area contributed by atoms with Crippen molar-refractivity contribution in [3.63, 3.8) is 0 Å². The summed E-state index contributed by atoms with van der Waals surface area (Å²) in [5.41, 5.74) is 4.35. The summed E-state index contributed by atoms with van der Waals surface area (Å²) >= 11 is 0. The lowest BCUT2D eigenvalue weighted by atomic mass is 9.98. The maximum Gasteiger partial charge on any atom is 0.414 e. The molecule has 4 rings (SSSR count). The van der Waals surface area contributed by atoms with Crippen LogP contribution in [0.15, 0.2) is 59.1 Å². The van der Waals surface area contributed by atoms with Gasteiger partial charge in [-0.1, -0.05) is 53.7 Å². The molecule has 0 spiro atoms. The van der Waals surface area contributed by atoms with E-state index in [1.807, 2.05) is 48.5 Å². The quantitative estimate of drug-likeness (QED) is 0.516. The molecule has 0 saturated heterocycles. The third-order valence-corrected chi connectivity index (χ3v) is 5.17. The molecule has 3 N–H and O–H groups in total. The molecule has 0 radical (unpaired) electrons. The second-order valence-electron chi connectivity index (χ2n) is 7.50. The molecule has 0 aliphatic heterocycles. The van der Waals surface area contributed by atoms with E-state index >= 15 is 0 Å². The van der Waals surface area contributed by atoms with E-state index in [9.17, 15) is 14.4 Å². The summed E-state index contributed by atoms with van der Waals surface area (Å²) in [7, 11) is 0. The van der Waals surface area contributed by atoms with E-state index in [-0.39, 0.29) is 30.5 Å². The minimum Gasteiger partial charge on any atom is -0.481 e. The van der Waals surface area contributed by atoms with Crippen molar-refractivity contribution in [3.05, 3.63) is 71.4 Å². The van der Waals surface area contributed by atoms with Crippen LogP contribution in [0.1, 0.15) is 40.9 Å². The third-order valence-electron chi connectivity index (χ3n) is 5.17. The van der Waals surface area contributed by atoms with Gasteiger partial charge in [0.25, 0.3) is 5.91 Å². The smallest absolute Gasteiger partial charge is 0.414 e. The van der Waals surface area contributed by atoms with Crippen molar-refractivity contribution in [2.45, 2.75) is 25.3 Å². The molecule has 1 atom stereocenters. The number of amides is 2. The normalized spacial score (nSPS) is 13.0. The monoisotopic (exact) mass is 435 g/mol. The van der Waals surface area contributed by atoms with Gasteiger partial charge in [-0.2, -0.15) is 0 Å². The number of ether oxygens (including phenoxy) is 1. The first-order chi connectivity index (χ1) is 15.4. The molecule has 164 valence electrons. The van der Waals surface area contributed by atoms with E-state index < -0.39 is 24.0 Å². The minimum atomic E-state index is -1.03. The highest BCUT2D eigenvalue weighted by Gasteiger charge is 2.29. The van der Waals surface area contributed by atoms with Crippen LogP contribution in [0.5, 0.6) is 0 Å². The first-order valence-corrected chi connectivity index (χ1v) is 10.0. The van der Waals surface area contributed by atoms with Crippen molar-refractivity contribution in [3.8, 4) is 11.1 Å². The van der Waals surface area contributed by atoms with Crippen LogP contribution in [0.3, 0.4) is 0 Å². The van der Waals surface area contributed by atoms with Crippen LogP contribution in [-0.2, 0) is 9.53 Å². The zero-order valence-corrected chi connectivity index (χ0v) is 17.2. The molecule has 0 bridgehead atoms. The summed E-state index contributed by atoms with van der Waals surface area (Å²) in [6.45, 7) is 1.69. The molecule has 1 aromatic heterocycles. The topological polar surface area (TPSA) is 131 Å². The van der Waals surface area contributed by atoms with Crippen molar-refractivity contribution in [2.24, 2.45) is 0 Å². The molecule has 2 amide bonds. The number of aromatic nitrogens is 1. The highest BCUT2D eigenvalue weighted by atomic mass is 16.6. The first kappa shape index (κ1) is 21.1. The summed E-state index contributed by atoms with van der Waals surface area (Å²) in [6.07, 6.45) is -0.969. The number of nitrogens with one attached hydrogen (secondary N) is 2. The second kappa shape index (κ2) is 8.93. The van der Waals surface area contributed by atoms with E-state index in [0.29, 0.717) is 0 Å². The first-order valence-electron chi connectivity index (χ1n) is 10.0. The van der Waals surface area contributed by atoms with E-state index in [4.69, 9.17) is 14.4 Å². The Morgan fingerprint density at radius 1 is 1.09 bits per heavy atom. The van der Waals surface area contributed by atoms with Gasteiger partial charge in [-0.15, -0.1) is 0 Å². The van der Waals surface area contributed by atoms with Gasteiger partial charge in [0.2, 0.25) is 5.88 Å².